The fourth-order valence-electron chi connectivity index (χ4n) is 3.25. The number of carbonyl (C=O) groups excluding carboxylic acids is 1. The van der Waals surface area contributed by atoms with E-state index in [4.69, 9.17) is 0 Å². The lowest BCUT2D eigenvalue weighted by molar-refractivity contribution is -0.135. The summed E-state index contributed by atoms with van der Waals surface area (Å²) in [6.45, 7) is 0.611. The van der Waals surface area contributed by atoms with Crippen LogP contribution in [0.2, 0.25) is 0 Å². The molecule has 1 aromatic carbocycles. The molecule has 2 unspecified atom stereocenters. The Morgan fingerprint density at radius 1 is 1.35 bits per heavy atom. The number of aliphatic hydroxyl groups excluding tert-OH is 2. The molecule has 2 aromatic rings. The summed E-state index contributed by atoms with van der Waals surface area (Å²) in [5.41, 5.74) is 1.04. The Hall–Kier alpha value is -1.50. The first-order valence-electron chi connectivity index (χ1n) is 8.08. The van der Waals surface area contributed by atoms with E-state index < -0.39 is 18.1 Å². The summed E-state index contributed by atoms with van der Waals surface area (Å²) in [6.07, 6.45) is 2.07. The highest BCUT2D eigenvalue weighted by molar-refractivity contribution is 7.18. The number of hydrogen-bond donors (Lipinski definition) is 3. The minimum atomic E-state index is -1.48. The van der Waals surface area contributed by atoms with E-state index in [1.54, 1.807) is 0 Å². The standard InChI is InChI=1S/C17H20N2O3S/c20-13(15(22)18-9-17(7-8-17)10-5-6-10)14(21)16-19-11-3-1-2-4-12(11)23-16/h1-4,10,13-14,20-21H,5-9H2,(H,18,22). The monoisotopic (exact) mass is 332 g/mol. The summed E-state index contributed by atoms with van der Waals surface area (Å²) in [4.78, 5) is 16.5. The third kappa shape index (κ3) is 2.86. The Morgan fingerprint density at radius 2 is 2.09 bits per heavy atom. The van der Waals surface area contributed by atoms with Crippen LogP contribution in [-0.4, -0.2) is 33.8 Å². The molecule has 122 valence electrons. The lowest BCUT2D eigenvalue weighted by Gasteiger charge is -2.19. The van der Waals surface area contributed by atoms with Crippen LogP contribution in [0.25, 0.3) is 10.2 Å². The van der Waals surface area contributed by atoms with Gasteiger partial charge in [-0.05, 0) is 49.1 Å². The predicted molar refractivity (Wildman–Crippen MR) is 88.0 cm³/mol. The van der Waals surface area contributed by atoms with Gasteiger partial charge in [-0.25, -0.2) is 4.98 Å². The average molecular weight is 332 g/mol. The van der Waals surface area contributed by atoms with Gasteiger partial charge in [-0.15, -0.1) is 11.3 Å². The van der Waals surface area contributed by atoms with Gasteiger partial charge >= 0.3 is 0 Å². The number of nitrogens with zero attached hydrogens (tertiary/aromatic N) is 1. The molecule has 4 rings (SSSR count). The lowest BCUT2D eigenvalue weighted by atomic mass is 10.0. The normalized spacial score (nSPS) is 21.8. The first kappa shape index (κ1) is 15.1. The average Bonchev–Trinajstić information content (AvgIpc) is 3.47. The highest BCUT2D eigenvalue weighted by atomic mass is 32.1. The van der Waals surface area contributed by atoms with Gasteiger partial charge in [0.25, 0.3) is 5.91 Å². The first-order chi connectivity index (χ1) is 11.1. The van der Waals surface area contributed by atoms with Crippen LogP contribution in [0.4, 0.5) is 0 Å². The summed E-state index contributed by atoms with van der Waals surface area (Å²) in [7, 11) is 0. The van der Waals surface area contributed by atoms with Crippen molar-refractivity contribution >= 4 is 27.5 Å². The van der Waals surface area contributed by atoms with Gasteiger partial charge < -0.3 is 15.5 Å². The third-order valence-corrected chi connectivity index (χ3v) is 6.19. The molecular formula is C17H20N2O3S. The molecule has 0 aliphatic heterocycles. The first-order valence-corrected chi connectivity index (χ1v) is 8.90. The van der Waals surface area contributed by atoms with Gasteiger partial charge in [-0.2, -0.15) is 0 Å². The summed E-state index contributed by atoms with van der Waals surface area (Å²) in [5, 5.41) is 23.6. The Kier molecular flexibility index (Phi) is 3.63. The van der Waals surface area contributed by atoms with E-state index in [2.05, 4.69) is 10.3 Å². The molecule has 2 aliphatic rings. The SMILES string of the molecule is O=C(NCC1(C2CC2)CC1)C(O)C(O)c1nc2ccccc2s1. The van der Waals surface area contributed by atoms with Gasteiger partial charge in [-0.3, -0.25) is 4.79 Å². The summed E-state index contributed by atoms with van der Waals surface area (Å²) < 4.78 is 0.930. The molecule has 3 N–H and O–H groups in total. The number of carbonyl (C=O) groups is 1. The molecule has 0 radical (unpaired) electrons. The Morgan fingerprint density at radius 3 is 2.74 bits per heavy atom. The maximum absolute atomic E-state index is 12.1. The number of hydrogen-bond acceptors (Lipinski definition) is 5. The molecule has 1 aromatic heterocycles. The molecule has 2 fully saturated rings. The van der Waals surface area contributed by atoms with Crippen LogP contribution < -0.4 is 5.32 Å². The van der Waals surface area contributed by atoms with Gasteiger partial charge in [0.2, 0.25) is 0 Å². The van der Waals surface area contributed by atoms with Crippen molar-refractivity contribution in [2.45, 2.75) is 37.9 Å². The Labute approximate surface area is 138 Å². The minimum Gasteiger partial charge on any atom is -0.383 e. The maximum atomic E-state index is 12.1. The van der Waals surface area contributed by atoms with E-state index in [1.165, 1.54) is 24.2 Å². The lowest BCUT2D eigenvalue weighted by Crippen LogP contribution is -2.41. The van der Waals surface area contributed by atoms with Crippen LogP contribution in [0.5, 0.6) is 0 Å². The Bertz CT molecular complexity index is 703. The quantitative estimate of drug-likeness (QED) is 0.755. The van der Waals surface area contributed by atoms with Crippen molar-refractivity contribution in [1.29, 1.82) is 0 Å². The van der Waals surface area contributed by atoms with Gasteiger partial charge in [0.15, 0.2) is 6.10 Å². The molecule has 0 saturated heterocycles. The molecule has 23 heavy (non-hydrogen) atoms. The van der Waals surface area contributed by atoms with Crippen molar-refractivity contribution in [3.63, 3.8) is 0 Å². The van der Waals surface area contributed by atoms with Crippen LogP contribution in [0.1, 0.15) is 36.8 Å². The number of fused-ring (bicyclic) bond motifs is 1. The number of rotatable bonds is 6. The molecule has 2 atom stereocenters. The van der Waals surface area contributed by atoms with Crippen molar-refractivity contribution in [1.82, 2.24) is 10.3 Å². The van der Waals surface area contributed by atoms with Gasteiger partial charge in [0.05, 0.1) is 10.2 Å². The van der Waals surface area contributed by atoms with Gasteiger partial charge in [0, 0.05) is 6.54 Å². The number of para-hydroxylation sites is 1. The highest BCUT2D eigenvalue weighted by Crippen LogP contribution is 2.60. The molecule has 6 heteroatoms. The molecule has 2 aliphatic carbocycles. The molecule has 2 saturated carbocycles. The minimum absolute atomic E-state index is 0.274. The fraction of sp³-hybridized carbons (Fsp3) is 0.529. The third-order valence-electron chi connectivity index (χ3n) is 5.08. The van der Waals surface area contributed by atoms with E-state index in [-0.39, 0.29) is 5.41 Å². The van der Waals surface area contributed by atoms with Crippen LogP contribution in [0.15, 0.2) is 24.3 Å². The van der Waals surface area contributed by atoms with E-state index in [9.17, 15) is 15.0 Å². The maximum Gasteiger partial charge on any atom is 0.252 e. The van der Waals surface area contributed by atoms with Crippen LogP contribution in [0.3, 0.4) is 0 Å². The second kappa shape index (κ2) is 5.54. The Balaban J connectivity index is 1.40. The number of thiazole rings is 1. The zero-order chi connectivity index (χ0) is 16.0. The molecular weight excluding hydrogens is 312 g/mol. The van der Waals surface area contributed by atoms with Crippen molar-refractivity contribution in [2.24, 2.45) is 11.3 Å². The number of aliphatic hydroxyl groups is 2. The van der Waals surface area contributed by atoms with Crippen molar-refractivity contribution in [3.05, 3.63) is 29.3 Å². The smallest absolute Gasteiger partial charge is 0.252 e. The summed E-state index contributed by atoms with van der Waals surface area (Å²) in [5.74, 6) is 0.234. The fourth-order valence-corrected chi connectivity index (χ4v) is 4.23. The molecule has 0 bridgehead atoms. The molecule has 0 spiro atoms. The van der Waals surface area contributed by atoms with Gasteiger partial charge in [0.1, 0.15) is 11.1 Å². The molecule has 1 amide bonds. The van der Waals surface area contributed by atoms with Gasteiger partial charge in [-0.1, -0.05) is 12.1 Å². The van der Waals surface area contributed by atoms with Crippen LogP contribution in [0, 0.1) is 11.3 Å². The van der Waals surface area contributed by atoms with E-state index in [0.717, 1.165) is 29.0 Å². The van der Waals surface area contributed by atoms with Crippen LogP contribution >= 0.6 is 11.3 Å². The van der Waals surface area contributed by atoms with E-state index >= 15 is 0 Å². The zero-order valence-corrected chi connectivity index (χ0v) is 13.6. The second-order valence-corrected chi connectivity index (χ2v) is 7.83. The number of amides is 1. The van der Waals surface area contributed by atoms with Crippen molar-refractivity contribution in [3.8, 4) is 0 Å². The number of nitrogens with one attached hydrogen (secondary N) is 1. The van der Waals surface area contributed by atoms with E-state index in [0.29, 0.717) is 11.6 Å². The largest absolute Gasteiger partial charge is 0.383 e. The summed E-state index contributed by atoms with van der Waals surface area (Å²) in [6, 6.07) is 7.52. The van der Waals surface area contributed by atoms with Crippen LogP contribution in [-0.2, 0) is 4.79 Å². The predicted octanol–water partition coefficient (Wildman–Crippen LogP) is 2.00. The van der Waals surface area contributed by atoms with E-state index in [1.807, 2.05) is 24.3 Å². The second-order valence-electron chi connectivity index (χ2n) is 6.76. The molecule has 1 heterocycles. The van der Waals surface area contributed by atoms with Crippen molar-refractivity contribution < 1.29 is 15.0 Å². The van der Waals surface area contributed by atoms with Crippen molar-refractivity contribution in [2.75, 3.05) is 6.54 Å². The number of aromatic nitrogens is 1. The molecule has 5 nitrogen and oxygen atoms in total. The zero-order valence-electron chi connectivity index (χ0n) is 12.7. The summed E-state index contributed by atoms with van der Waals surface area (Å²) >= 11 is 1.30. The topological polar surface area (TPSA) is 82.5 Å². The highest BCUT2D eigenvalue weighted by Gasteiger charge is 2.53. The number of benzene rings is 1.